The third-order valence-electron chi connectivity index (χ3n) is 6.00. The summed E-state index contributed by atoms with van der Waals surface area (Å²) in [5.74, 6) is -0.416. The van der Waals surface area contributed by atoms with Gasteiger partial charge in [0.1, 0.15) is 0 Å². The lowest BCUT2D eigenvalue weighted by Crippen LogP contribution is -2.23. The van der Waals surface area contributed by atoms with Crippen molar-refractivity contribution in [3.8, 4) is 11.1 Å². The topological polar surface area (TPSA) is 109 Å². The van der Waals surface area contributed by atoms with Gasteiger partial charge in [0, 0.05) is 24.2 Å². The number of nitrogens with one attached hydrogen (secondary N) is 2. The molecule has 0 radical (unpaired) electrons. The van der Waals surface area contributed by atoms with Gasteiger partial charge in [-0.05, 0) is 46.5 Å². The van der Waals surface area contributed by atoms with Crippen LogP contribution < -0.4 is 9.44 Å². The molecule has 4 aromatic carbocycles. The number of ketones is 1. The molecule has 1 aliphatic rings. The van der Waals surface area contributed by atoms with Crippen LogP contribution >= 0.6 is 0 Å². The summed E-state index contributed by atoms with van der Waals surface area (Å²) in [6.07, 6.45) is 0. The summed E-state index contributed by atoms with van der Waals surface area (Å²) in [4.78, 5) is 13.1. The van der Waals surface area contributed by atoms with E-state index in [0.29, 0.717) is 11.1 Å². The number of benzene rings is 4. The molecule has 0 fully saturated rings. The highest BCUT2D eigenvalue weighted by Gasteiger charge is 2.30. The van der Waals surface area contributed by atoms with Crippen molar-refractivity contribution >= 4 is 25.8 Å². The number of fused-ring (bicyclic) bond motifs is 3. The second-order valence-electron chi connectivity index (χ2n) is 8.36. The van der Waals surface area contributed by atoms with Crippen molar-refractivity contribution in [1.82, 2.24) is 9.44 Å². The van der Waals surface area contributed by atoms with E-state index in [1.54, 1.807) is 12.1 Å². The van der Waals surface area contributed by atoms with Gasteiger partial charge in [-0.25, -0.2) is 26.3 Å². The third-order valence-corrected chi connectivity index (χ3v) is 8.80. The van der Waals surface area contributed by atoms with Gasteiger partial charge < -0.3 is 0 Å². The molecule has 4 aromatic rings. The van der Waals surface area contributed by atoms with Crippen LogP contribution in [0.1, 0.15) is 27.0 Å². The molecule has 182 valence electrons. The first-order chi connectivity index (χ1) is 17.2. The molecule has 0 atom stereocenters. The first-order valence-corrected chi connectivity index (χ1v) is 14.1. The highest BCUT2D eigenvalue weighted by molar-refractivity contribution is 7.89. The Bertz CT molecular complexity index is 1540. The van der Waals surface area contributed by atoms with E-state index in [9.17, 15) is 21.6 Å². The number of carbonyl (C=O) groups is 1. The minimum atomic E-state index is -3.86. The van der Waals surface area contributed by atoms with Crippen molar-refractivity contribution in [2.75, 3.05) is 0 Å². The Morgan fingerprint density at radius 2 is 0.889 bits per heavy atom. The Morgan fingerprint density at radius 1 is 0.500 bits per heavy atom. The van der Waals surface area contributed by atoms with E-state index in [4.69, 9.17) is 0 Å². The average Bonchev–Trinajstić information content (AvgIpc) is 3.18. The fraction of sp³-hybridized carbons (Fsp3) is 0.0741. The Morgan fingerprint density at radius 3 is 1.28 bits per heavy atom. The van der Waals surface area contributed by atoms with Crippen LogP contribution in [-0.4, -0.2) is 22.6 Å². The predicted octanol–water partition coefficient (Wildman–Crippen LogP) is 3.86. The summed E-state index contributed by atoms with van der Waals surface area (Å²) in [7, 11) is -7.73. The molecule has 0 amide bonds. The fourth-order valence-corrected chi connectivity index (χ4v) is 6.17. The fourth-order valence-electron chi connectivity index (χ4n) is 4.09. The molecule has 36 heavy (non-hydrogen) atoms. The van der Waals surface area contributed by atoms with Crippen molar-refractivity contribution in [3.05, 3.63) is 119 Å². The standard InChI is InChI=1S/C27H22N2O5S2/c30-27-25-15-21(35(31,32)28-17-19-7-3-1-4-8-19)11-13-23(25)24-14-12-22(16-26(24)27)36(33,34)29-18-20-9-5-2-6-10-20/h1-16,28-29H,17-18H2. The van der Waals surface area contributed by atoms with E-state index < -0.39 is 25.8 Å². The average molecular weight is 519 g/mol. The van der Waals surface area contributed by atoms with Gasteiger partial charge in [0.25, 0.3) is 0 Å². The number of hydrogen-bond acceptors (Lipinski definition) is 5. The normalized spacial score (nSPS) is 12.8. The Balaban J connectivity index is 1.38. The first-order valence-electron chi connectivity index (χ1n) is 11.1. The maximum atomic E-state index is 13.2. The number of rotatable bonds is 8. The number of sulfonamides is 2. The molecule has 7 nitrogen and oxygen atoms in total. The molecule has 9 heteroatoms. The highest BCUT2D eigenvalue weighted by atomic mass is 32.2. The van der Waals surface area contributed by atoms with E-state index in [-0.39, 0.29) is 34.0 Å². The Hall–Kier alpha value is -3.63. The minimum absolute atomic E-state index is 0.0317. The molecular weight excluding hydrogens is 496 g/mol. The van der Waals surface area contributed by atoms with Crippen molar-refractivity contribution in [1.29, 1.82) is 0 Å². The van der Waals surface area contributed by atoms with E-state index in [0.717, 1.165) is 11.1 Å². The van der Waals surface area contributed by atoms with E-state index in [2.05, 4.69) is 9.44 Å². The van der Waals surface area contributed by atoms with Gasteiger partial charge in [-0.15, -0.1) is 0 Å². The first kappa shape index (κ1) is 24.1. The summed E-state index contributed by atoms with van der Waals surface area (Å²) in [6, 6.07) is 26.9. The molecule has 0 saturated carbocycles. The minimum Gasteiger partial charge on any atom is -0.289 e. The van der Waals surface area contributed by atoms with Gasteiger partial charge in [0.05, 0.1) is 9.79 Å². The summed E-state index contributed by atoms with van der Waals surface area (Å²) >= 11 is 0. The van der Waals surface area contributed by atoms with Gasteiger partial charge >= 0.3 is 0 Å². The van der Waals surface area contributed by atoms with Gasteiger partial charge in [0.2, 0.25) is 20.0 Å². The maximum absolute atomic E-state index is 13.2. The molecule has 0 aliphatic heterocycles. The SMILES string of the molecule is O=C1c2cc(S(=O)(=O)NCc3ccccc3)ccc2-c2ccc(S(=O)(=O)NCc3ccccc3)cc21. The van der Waals surface area contributed by atoms with Crippen LogP contribution in [0.25, 0.3) is 11.1 Å². The van der Waals surface area contributed by atoms with Crippen molar-refractivity contribution < 1.29 is 21.6 Å². The van der Waals surface area contributed by atoms with E-state index in [1.165, 1.54) is 24.3 Å². The largest absolute Gasteiger partial charge is 0.289 e. The molecule has 0 saturated heterocycles. The van der Waals surface area contributed by atoms with Crippen LogP contribution in [0, 0.1) is 0 Å². The van der Waals surface area contributed by atoms with Gasteiger partial charge in [-0.1, -0.05) is 72.8 Å². The Kier molecular flexibility index (Phi) is 6.31. The molecule has 0 unspecified atom stereocenters. The summed E-state index contributed by atoms with van der Waals surface area (Å²) in [5, 5.41) is 0. The molecule has 0 spiro atoms. The van der Waals surface area contributed by atoms with Gasteiger partial charge in [-0.3, -0.25) is 4.79 Å². The number of hydrogen-bond donors (Lipinski definition) is 2. The van der Waals surface area contributed by atoms with Crippen LogP contribution in [-0.2, 0) is 33.1 Å². The lowest BCUT2D eigenvalue weighted by Gasteiger charge is -2.09. The molecule has 1 aliphatic carbocycles. The smallest absolute Gasteiger partial charge is 0.240 e. The van der Waals surface area contributed by atoms with Crippen LogP contribution in [0.5, 0.6) is 0 Å². The zero-order valence-corrected chi connectivity index (χ0v) is 20.6. The second-order valence-corrected chi connectivity index (χ2v) is 11.9. The lowest BCUT2D eigenvalue weighted by atomic mass is 10.1. The van der Waals surface area contributed by atoms with E-state index in [1.807, 2.05) is 60.7 Å². The second kappa shape index (κ2) is 9.44. The van der Waals surface area contributed by atoms with Crippen molar-refractivity contribution in [3.63, 3.8) is 0 Å². The number of carbonyl (C=O) groups excluding carboxylic acids is 1. The lowest BCUT2D eigenvalue weighted by molar-refractivity contribution is 0.104. The predicted molar refractivity (Wildman–Crippen MR) is 136 cm³/mol. The zero-order chi connectivity index (χ0) is 25.3. The van der Waals surface area contributed by atoms with Crippen molar-refractivity contribution in [2.45, 2.75) is 22.9 Å². The Labute approximate surface area is 209 Å². The van der Waals surface area contributed by atoms with Crippen LogP contribution in [0.3, 0.4) is 0 Å². The molecule has 0 heterocycles. The monoisotopic (exact) mass is 518 g/mol. The molecule has 2 N–H and O–H groups in total. The third kappa shape index (κ3) is 4.74. The molecule has 0 bridgehead atoms. The molecule has 5 rings (SSSR count). The van der Waals surface area contributed by atoms with Crippen LogP contribution in [0.4, 0.5) is 0 Å². The molecular formula is C27H22N2O5S2. The van der Waals surface area contributed by atoms with Crippen LogP contribution in [0.15, 0.2) is 107 Å². The summed E-state index contributed by atoms with van der Waals surface area (Å²) < 4.78 is 56.5. The zero-order valence-electron chi connectivity index (χ0n) is 19.0. The highest BCUT2D eigenvalue weighted by Crippen LogP contribution is 2.38. The van der Waals surface area contributed by atoms with Crippen LogP contribution in [0.2, 0.25) is 0 Å². The quantitative estimate of drug-likeness (QED) is 0.324. The van der Waals surface area contributed by atoms with Crippen molar-refractivity contribution in [2.24, 2.45) is 0 Å². The summed E-state index contributed by atoms with van der Waals surface area (Å²) in [5.41, 5.74) is 3.19. The maximum Gasteiger partial charge on any atom is 0.240 e. The van der Waals surface area contributed by atoms with Gasteiger partial charge in [-0.2, -0.15) is 0 Å². The summed E-state index contributed by atoms with van der Waals surface area (Å²) in [6.45, 7) is 0.233. The van der Waals surface area contributed by atoms with E-state index >= 15 is 0 Å². The van der Waals surface area contributed by atoms with Gasteiger partial charge in [0.15, 0.2) is 5.78 Å². The molecule has 0 aromatic heterocycles.